The monoisotopic (exact) mass is 249 g/mol. The molecular formula is C11H17F2NO3. The molecule has 0 radical (unpaired) electrons. The Bertz CT molecular complexity index is 288. The number of carboxylic acid groups (broad SMARTS) is 1. The van der Waals surface area contributed by atoms with Crippen LogP contribution in [-0.4, -0.2) is 30.0 Å². The number of carbonyl (C=O) groups is 2. The van der Waals surface area contributed by atoms with Crippen molar-refractivity contribution in [2.24, 2.45) is 5.41 Å². The average molecular weight is 249 g/mol. The number of carboxylic acids is 1. The Labute approximate surface area is 98.4 Å². The van der Waals surface area contributed by atoms with Gasteiger partial charge in [-0.15, -0.1) is 0 Å². The normalized spacial score (nSPS) is 18.3. The van der Waals surface area contributed by atoms with Crippen LogP contribution in [0.4, 0.5) is 8.78 Å². The number of carbonyl (C=O) groups excluding carboxylic acids is 1. The van der Waals surface area contributed by atoms with Gasteiger partial charge < -0.3 is 10.4 Å². The maximum atomic E-state index is 11.9. The fourth-order valence-corrected chi connectivity index (χ4v) is 2.46. The van der Waals surface area contributed by atoms with Crippen molar-refractivity contribution in [3.63, 3.8) is 0 Å². The fourth-order valence-electron chi connectivity index (χ4n) is 2.46. The molecule has 98 valence electrons. The van der Waals surface area contributed by atoms with E-state index in [1.807, 2.05) is 0 Å². The average Bonchev–Trinajstić information content (AvgIpc) is 2.62. The molecule has 0 aromatic rings. The summed E-state index contributed by atoms with van der Waals surface area (Å²) < 4.78 is 23.8. The van der Waals surface area contributed by atoms with Crippen molar-refractivity contribution in [2.45, 2.75) is 45.0 Å². The van der Waals surface area contributed by atoms with Crippen molar-refractivity contribution < 1.29 is 23.5 Å². The lowest BCUT2D eigenvalue weighted by Crippen LogP contribution is -2.34. The predicted molar refractivity (Wildman–Crippen MR) is 56.8 cm³/mol. The van der Waals surface area contributed by atoms with Gasteiger partial charge >= 0.3 is 5.97 Å². The van der Waals surface area contributed by atoms with Crippen LogP contribution in [0.25, 0.3) is 0 Å². The molecule has 1 amide bonds. The van der Waals surface area contributed by atoms with Gasteiger partial charge in [-0.05, 0) is 18.3 Å². The molecule has 4 nitrogen and oxygen atoms in total. The van der Waals surface area contributed by atoms with Crippen LogP contribution in [0, 0.1) is 5.41 Å². The molecule has 0 spiro atoms. The van der Waals surface area contributed by atoms with Gasteiger partial charge in [-0.1, -0.05) is 12.8 Å². The van der Waals surface area contributed by atoms with Gasteiger partial charge in [0.2, 0.25) is 5.91 Å². The molecule has 0 heterocycles. The second kappa shape index (κ2) is 5.93. The first-order valence-corrected chi connectivity index (χ1v) is 5.70. The van der Waals surface area contributed by atoms with Crippen LogP contribution in [0.3, 0.4) is 0 Å². The Morgan fingerprint density at radius 2 is 1.82 bits per heavy atom. The largest absolute Gasteiger partial charge is 0.481 e. The molecule has 1 aliphatic carbocycles. The topological polar surface area (TPSA) is 66.4 Å². The molecule has 2 N–H and O–H groups in total. The molecular weight excluding hydrogens is 232 g/mol. The Kier molecular flexibility index (Phi) is 4.84. The van der Waals surface area contributed by atoms with Crippen molar-refractivity contribution in [1.29, 1.82) is 0 Å². The van der Waals surface area contributed by atoms with Gasteiger partial charge in [0.25, 0.3) is 6.43 Å². The summed E-state index contributed by atoms with van der Waals surface area (Å²) in [5, 5.41) is 10.9. The highest BCUT2D eigenvalue weighted by Gasteiger charge is 2.37. The minimum absolute atomic E-state index is 0.0337. The number of amides is 1. The number of rotatable bonds is 6. The summed E-state index contributed by atoms with van der Waals surface area (Å²) in [4.78, 5) is 22.2. The molecule has 1 rings (SSSR count). The van der Waals surface area contributed by atoms with Gasteiger partial charge in [-0.2, -0.15) is 0 Å². The van der Waals surface area contributed by atoms with Gasteiger partial charge in [0.1, 0.15) is 0 Å². The third kappa shape index (κ3) is 4.66. The summed E-state index contributed by atoms with van der Waals surface area (Å²) in [5.74, 6) is -1.41. The van der Waals surface area contributed by atoms with Gasteiger partial charge in [-0.25, -0.2) is 8.78 Å². The quantitative estimate of drug-likeness (QED) is 0.754. The van der Waals surface area contributed by atoms with Gasteiger partial charge in [0.05, 0.1) is 13.0 Å². The summed E-state index contributed by atoms with van der Waals surface area (Å²) in [7, 11) is 0. The number of hydrogen-bond donors (Lipinski definition) is 2. The van der Waals surface area contributed by atoms with Crippen molar-refractivity contribution in [3.8, 4) is 0 Å². The molecule has 0 atom stereocenters. The van der Waals surface area contributed by atoms with Crippen molar-refractivity contribution in [3.05, 3.63) is 0 Å². The fraction of sp³-hybridized carbons (Fsp3) is 0.818. The van der Waals surface area contributed by atoms with E-state index in [-0.39, 0.29) is 12.8 Å². The molecule has 0 aromatic carbocycles. The van der Waals surface area contributed by atoms with Crippen LogP contribution in [0.5, 0.6) is 0 Å². The van der Waals surface area contributed by atoms with Gasteiger partial charge in [0.15, 0.2) is 0 Å². The third-order valence-corrected chi connectivity index (χ3v) is 3.18. The SMILES string of the molecule is O=C(O)CC1(CC(=O)NCC(F)F)CCCC1. The first-order valence-electron chi connectivity index (χ1n) is 5.70. The van der Waals surface area contributed by atoms with E-state index >= 15 is 0 Å². The molecule has 0 aliphatic heterocycles. The third-order valence-electron chi connectivity index (χ3n) is 3.18. The zero-order valence-corrected chi connectivity index (χ0v) is 9.55. The molecule has 0 saturated heterocycles. The minimum Gasteiger partial charge on any atom is -0.481 e. The standard InChI is InChI=1S/C11H17F2NO3/c12-8(13)7-14-9(15)5-11(6-10(16)17)3-1-2-4-11/h8H,1-7H2,(H,14,15)(H,16,17). The molecule has 1 saturated carbocycles. The lowest BCUT2D eigenvalue weighted by atomic mass is 9.79. The first-order chi connectivity index (χ1) is 7.93. The molecule has 1 fully saturated rings. The summed E-state index contributed by atoms with van der Waals surface area (Å²) >= 11 is 0. The highest BCUT2D eigenvalue weighted by atomic mass is 19.3. The van der Waals surface area contributed by atoms with Crippen LogP contribution < -0.4 is 5.32 Å². The van der Waals surface area contributed by atoms with E-state index < -0.39 is 30.3 Å². The smallest absolute Gasteiger partial charge is 0.303 e. The Hall–Kier alpha value is -1.20. The Balaban J connectivity index is 2.49. The van der Waals surface area contributed by atoms with Crippen molar-refractivity contribution >= 4 is 11.9 Å². The summed E-state index contributed by atoms with van der Waals surface area (Å²) in [6, 6.07) is 0. The van der Waals surface area contributed by atoms with E-state index in [4.69, 9.17) is 5.11 Å². The zero-order valence-electron chi connectivity index (χ0n) is 9.55. The maximum absolute atomic E-state index is 11.9. The van der Waals surface area contributed by atoms with E-state index in [2.05, 4.69) is 5.32 Å². The van der Waals surface area contributed by atoms with E-state index in [0.717, 1.165) is 12.8 Å². The molecule has 6 heteroatoms. The molecule has 0 aromatic heterocycles. The van der Waals surface area contributed by atoms with Crippen LogP contribution in [-0.2, 0) is 9.59 Å². The highest BCUT2D eigenvalue weighted by molar-refractivity contribution is 5.78. The van der Waals surface area contributed by atoms with E-state index in [9.17, 15) is 18.4 Å². The summed E-state index contributed by atoms with van der Waals surface area (Å²) in [6.45, 7) is -0.665. The number of nitrogens with one attached hydrogen (secondary N) is 1. The lowest BCUT2D eigenvalue weighted by Gasteiger charge is -2.26. The molecule has 0 bridgehead atoms. The minimum atomic E-state index is -2.57. The highest BCUT2D eigenvalue weighted by Crippen LogP contribution is 2.43. The van der Waals surface area contributed by atoms with Crippen LogP contribution in [0.2, 0.25) is 0 Å². The van der Waals surface area contributed by atoms with Gasteiger partial charge in [0, 0.05) is 6.42 Å². The van der Waals surface area contributed by atoms with E-state index in [1.165, 1.54) is 0 Å². The van der Waals surface area contributed by atoms with Crippen molar-refractivity contribution in [2.75, 3.05) is 6.54 Å². The van der Waals surface area contributed by atoms with Gasteiger partial charge in [-0.3, -0.25) is 9.59 Å². The molecule has 0 unspecified atom stereocenters. The number of hydrogen-bond acceptors (Lipinski definition) is 2. The lowest BCUT2D eigenvalue weighted by molar-refractivity contribution is -0.140. The summed E-state index contributed by atoms with van der Waals surface area (Å²) in [5.41, 5.74) is -0.530. The first kappa shape index (κ1) is 13.9. The molecule has 1 aliphatic rings. The number of aliphatic carboxylic acids is 1. The predicted octanol–water partition coefficient (Wildman–Crippen LogP) is 1.79. The zero-order chi connectivity index (χ0) is 12.9. The molecule has 17 heavy (non-hydrogen) atoms. The number of halogens is 2. The van der Waals surface area contributed by atoms with E-state index in [1.54, 1.807) is 0 Å². The second-order valence-corrected chi connectivity index (χ2v) is 4.65. The van der Waals surface area contributed by atoms with Crippen LogP contribution in [0.15, 0.2) is 0 Å². The Morgan fingerprint density at radius 1 is 1.24 bits per heavy atom. The maximum Gasteiger partial charge on any atom is 0.303 e. The van der Waals surface area contributed by atoms with Crippen LogP contribution in [0.1, 0.15) is 38.5 Å². The second-order valence-electron chi connectivity index (χ2n) is 4.65. The van der Waals surface area contributed by atoms with E-state index in [0.29, 0.717) is 12.8 Å². The van der Waals surface area contributed by atoms with Crippen molar-refractivity contribution in [1.82, 2.24) is 5.32 Å². The van der Waals surface area contributed by atoms with Crippen LogP contribution >= 0.6 is 0 Å². The number of alkyl halides is 2. The Morgan fingerprint density at radius 3 is 2.29 bits per heavy atom. The summed E-state index contributed by atoms with van der Waals surface area (Å²) in [6.07, 6.45) is 0.562.